The summed E-state index contributed by atoms with van der Waals surface area (Å²) in [7, 11) is -5.22. The number of cyclic esters (lactones) is 1. The van der Waals surface area contributed by atoms with Crippen molar-refractivity contribution in [3.8, 4) is 11.5 Å². The second-order valence-electron chi connectivity index (χ2n) is 16.9. The number of rotatable bonds is 8. The number of anilines is 1. The van der Waals surface area contributed by atoms with Gasteiger partial charge in [0, 0.05) is 50.3 Å². The predicted molar refractivity (Wildman–Crippen MR) is 219 cm³/mol. The maximum Gasteiger partial charge on any atom is 0.469 e. The number of phosphoric acid groups is 1. The molecule has 352 valence electrons. The first-order valence-corrected chi connectivity index (χ1v) is 22.7. The molecule has 5 aliphatic heterocycles. The van der Waals surface area contributed by atoms with Crippen molar-refractivity contribution < 1.29 is 75.4 Å². The van der Waals surface area contributed by atoms with Gasteiger partial charge in [0.05, 0.1) is 6.10 Å². The van der Waals surface area contributed by atoms with E-state index in [4.69, 9.17) is 18.7 Å². The fourth-order valence-corrected chi connectivity index (χ4v) is 9.49. The number of hydrogen-bond donors (Lipinski definition) is 6. The minimum Gasteiger partial charge on any atom is -0.458 e. The van der Waals surface area contributed by atoms with Crippen LogP contribution in [-0.4, -0.2) is 141 Å². The van der Waals surface area contributed by atoms with Crippen LogP contribution in [0, 0.1) is 17.6 Å². The number of fused-ring (bicyclic) bond motifs is 4. The highest BCUT2D eigenvalue weighted by molar-refractivity contribution is 7.46. The van der Waals surface area contributed by atoms with Crippen LogP contribution in [0.5, 0.6) is 11.5 Å². The smallest absolute Gasteiger partial charge is 0.458 e. The van der Waals surface area contributed by atoms with Gasteiger partial charge in [-0.05, 0) is 75.3 Å². The molecule has 21 nitrogen and oxygen atoms in total. The van der Waals surface area contributed by atoms with E-state index in [2.05, 4.69) is 21.3 Å². The van der Waals surface area contributed by atoms with E-state index >= 15 is 0 Å². The zero-order valence-electron chi connectivity index (χ0n) is 35.6. The number of nitrogens with zero attached hydrogens (tertiary/aromatic N) is 3. The van der Waals surface area contributed by atoms with Crippen LogP contribution in [0.25, 0.3) is 0 Å². The highest BCUT2D eigenvalue weighted by Gasteiger charge is 2.50. The molecule has 9 atom stereocenters. The van der Waals surface area contributed by atoms with E-state index in [1.54, 1.807) is 6.92 Å². The van der Waals surface area contributed by atoms with E-state index in [0.29, 0.717) is 30.4 Å². The molecule has 0 unspecified atom stereocenters. The molecule has 5 aliphatic rings. The lowest BCUT2D eigenvalue weighted by molar-refractivity contribution is -0.163. The SMILES string of the molecule is C[C@@H]1C[C@H]2C(=O)O[C@@H](C)[C@H](NC(=O)[C@H](Cc3cc(F)cc(F)c3)NC(=O)Nc3ccc4c(c3)OCO4)C(=O)N3C[C@H](OP(=O)(O)O)C[C@H]3C(=O)N3CCCC[C@H]3C(=O)N[C@@H](C)C(=O)N2C1. The van der Waals surface area contributed by atoms with Crippen molar-refractivity contribution in [1.29, 1.82) is 0 Å². The molecule has 2 aromatic rings. The third-order valence-electron chi connectivity index (χ3n) is 12.0. The number of urea groups is 1. The Balaban J connectivity index is 1.25. The second-order valence-corrected chi connectivity index (χ2v) is 18.1. The third kappa shape index (κ3) is 11.0. The largest absolute Gasteiger partial charge is 0.469 e. The summed E-state index contributed by atoms with van der Waals surface area (Å²) in [6.45, 7) is 3.98. The number of carbonyl (C=O) groups excluding carboxylic acids is 7. The maximum absolute atomic E-state index is 15.0. The van der Waals surface area contributed by atoms with Gasteiger partial charge in [-0.3, -0.25) is 28.5 Å². The molecule has 0 spiro atoms. The van der Waals surface area contributed by atoms with Crippen molar-refractivity contribution in [2.75, 3.05) is 31.7 Å². The lowest BCUT2D eigenvalue weighted by Crippen LogP contribution is -2.63. The molecule has 65 heavy (non-hydrogen) atoms. The summed E-state index contributed by atoms with van der Waals surface area (Å²) in [5.74, 6) is -6.76. The zero-order valence-corrected chi connectivity index (χ0v) is 36.5. The van der Waals surface area contributed by atoms with Gasteiger partial charge >= 0.3 is 19.8 Å². The van der Waals surface area contributed by atoms with Crippen LogP contribution in [0.15, 0.2) is 36.4 Å². The quantitative estimate of drug-likeness (QED) is 0.160. The molecule has 4 fully saturated rings. The van der Waals surface area contributed by atoms with E-state index < -0.39 is 129 Å². The highest BCUT2D eigenvalue weighted by Crippen LogP contribution is 2.41. The normalized spacial score (nSPS) is 27.9. The van der Waals surface area contributed by atoms with Crippen LogP contribution in [0.2, 0.25) is 0 Å². The molecule has 0 bridgehead atoms. The summed E-state index contributed by atoms with van der Waals surface area (Å²) in [4.78, 5) is 122. The van der Waals surface area contributed by atoms with Crippen molar-refractivity contribution in [3.63, 3.8) is 0 Å². The molecule has 24 heteroatoms. The first kappa shape index (κ1) is 47.1. The van der Waals surface area contributed by atoms with E-state index in [9.17, 15) is 56.7 Å². The zero-order chi connectivity index (χ0) is 46.9. The summed E-state index contributed by atoms with van der Waals surface area (Å²) < 4.78 is 62.4. The third-order valence-corrected chi connectivity index (χ3v) is 12.5. The second kappa shape index (κ2) is 19.3. The fraction of sp³-hybridized carbons (Fsp3) is 0.537. The van der Waals surface area contributed by atoms with E-state index in [1.165, 1.54) is 41.8 Å². The van der Waals surface area contributed by atoms with Crippen molar-refractivity contribution in [1.82, 2.24) is 30.7 Å². The number of hydrogen-bond acceptors (Lipinski definition) is 12. The van der Waals surface area contributed by atoms with Gasteiger partial charge in [0.25, 0.3) is 0 Å². The highest BCUT2D eigenvalue weighted by atomic mass is 31.2. The minimum atomic E-state index is -5.22. The molecular formula is C41H50F2N7O14P. The van der Waals surface area contributed by atoms with Crippen LogP contribution in [0.1, 0.15) is 58.4 Å². The van der Waals surface area contributed by atoms with Crippen molar-refractivity contribution >= 4 is 55.0 Å². The monoisotopic (exact) mass is 933 g/mol. The van der Waals surface area contributed by atoms with Gasteiger partial charge in [0.2, 0.25) is 36.3 Å². The van der Waals surface area contributed by atoms with Crippen LogP contribution >= 0.6 is 7.82 Å². The Labute approximate surface area is 371 Å². The maximum atomic E-state index is 15.0. The van der Waals surface area contributed by atoms with E-state index in [0.717, 1.165) is 17.0 Å². The molecule has 0 saturated carbocycles. The number of benzene rings is 2. The Morgan fingerprint density at radius 3 is 2.31 bits per heavy atom. The summed E-state index contributed by atoms with van der Waals surface area (Å²) in [6, 6.07) is -2.71. The van der Waals surface area contributed by atoms with Crippen LogP contribution in [0.4, 0.5) is 19.3 Å². The summed E-state index contributed by atoms with van der Waals surface area (Å²) >= 11 is 0. The van der Waals surface area contributed by atoms with Gasteiger partial charge in [-0.2, -0.15) is 0 Å². The lowest BCUT2D eigenvalue weighted by Gasteiger charge is -2.39. The van der Waals surface area contributed by atoms with Crippen molar-refractivity contribution in [2.24, 2.45) is 5.92 Å². The average molecular weight is 934 g/mol. The molecule has 2 aromatic carbocycles. The number of amides is 7. The molecule has 4 saturated heterocycles. The molecule has 6 N–H and O–H groups in total. The average Bonchev–Trinajstić information content (AvgIpc) is 3.98. The van der Waals surface area contributed by atoms with E-state index in [-0.39, 0.29) is 49.9 Å². The number of phosphoric ester groups is 1. The lowest BCUT2D eigenvalue weighted by atomic mass is 9.98. The minimum absolute atomic E-state index is 0.0457. The first-order chi connectivity index (χ1) is 30.7. The number of esters is 1. The van der Waals surface area contributed by atoms with Crippen LogP contribution in [0.3, 0.4) is 0 Å². The molecule has 7 amide bonds. The Kier molecular flexibility index (Phi) is 14.0. The summed E-state index contributed by atoms with van der Waals surface area (Å²) in [5, 5.41) is 10.2. The number of nitrogens with one attached hydrogen (secondary N) is 4. The molecule has 5 heterocycles. The molecule has 7 rings (SSSR count). The summed E-state index contributed by atoms with van der Waals surface area (Å²) in [5.41, 5.74) is 0.108. The Hall–Kier alpha value is -5.90. The van der Waals surface area contributed by atoms with Gasteiger partial charge in [-0.1, -0.05) is 6.92 Å². The Morgan fingerprint density at radius 1 is 0.877 bits per heavy atom. The number of piperidine rings is 1. The van der Waals surface area contributed by atoms with Gasteiger partial charge in [0.1, 0.15) is 54.0 Å². The van der Waals surface area contributed by atoms with Crippen LogP contribution in [-0.2, 0) is 49.0 Å². The number of ether oxygens (including phenoxy) is 3. The van der Waals surface area contributed by atoms with Crippen LogP contribution < -0.4 is 30.7 Å². The molecule has 0 radical (unpaired) electrons. The Bertz CT molecular complexity index is 2270. The molecule has 0 aromatic heterocycles. The van der Waals surface area contributed by atoms with Crippen molar-refractivity contribution in [2.45, 2.75) is 108 Å². The molecule has 0 aliphatic carbocycles. The number of halogens is 2. The number of carbonyl (C=O) groups is 7. The fourth-order valence-electron chi connectivity index (χ4n) is 8.95. The Morgan fingerprint density at radius 2 is 1.58 bits per heavy atom. The molecular weight excluding hydrogens is 883 g/mol. The van der Waals surface area contributed by atoms with Gasteiger partial charge in [-0.25, -0.2) is 22.9 Å². The summed E-state index contributed by atoms with van der Waals surface area (Å²) in [6.07, 6.45) is -2.77. The van der Waals surface area contributed by atoms with Crippen molar-refractivity contribution in [3.05, 3.63) is 53.6 Å². The van der Waals surface area contributed by atoms with Gasteiger partial charge in [0.15, 0.2) is 11.5 Å². The topological polar surface area (TPSA) is 272 Å². The van der Waals surface area contributed by atoms with E-state index in [1.807, 2.05) is 0 Å². The van der Waals surface area contributed by atoms with Gasteiger partial charge < -0.3 is 60.0 Å². The standard InChI is InChI=1S/C41H50F2N7O14P/c1-20-10-31-40(56)63-22(3)34(47-35(51)28(13-23-11-24(42)14-25(43)12-23)46-41(57)45-26-7-8-32-33(15-26)62-19-61-32)39(55)50-18-27(64-65(58,59)60)16-30(50)38(54)48-9-5-4-6-29(48)36(52)44-21(2)37(53)49(31)17-20/h7-8,11-12,14-15,20-22,27-31,34H,4-6,9-10,13,16-19H2,1-3H3,(H,44,52)(H,47,51)(H2,45,46,57)(H2,58,59,60)/t20-,21+,22+,27-,28+,29+,30+,31+,34+/m1/s1. The van der Waals surface area contributed by atoms with Gasteiger partial charge in [-0.15, -0.1) is 0 Å². The predicted octanol–water partition coefficient (Wildman–Crippen LogP) is 1.06. The first-order valence-electron chi connectivity index (χ1n) is 21.1.